The summed E-state index contributed by atoms with van der Waals surface area (Å²) in [5.41, 5.74) is 0. The quantitative estimate of drug-likeness (QED) is 0.611. The maximum Gasteiger partial charge on any atom is 0.237 e. The van der Waals surface area contributed by atoms with Crippen LogP contribution in [-0.2, 0) is 4.79 Å². The predicted octanol–water partition coefficient (Wildman–Crippen LogP) is -0.128. The fraction of sp³-hybridized carbons (Fsp3) is 0.909. The monoisotopic (exact) mass is 212 g/mol. The highest BCUT2D eigenvalue weighted by atomic mass is 16.3. The molecule has 0 bridgehead atoms. The Labute approximate surface area is 90.4 Å². The van der Waals surface area contributed by atoms with Gasteiger partial charge in [0.15, 0.2) is 0 Å². The van der Waals surface area contributed by atoms with Gasteiger partial charge in [0, 0.05) is 6.04 Å². The molecule has 1 heterocycles. The lowest BCUT2D eigenvalue weighted by Gasteiger charge is -2.20. The van der Waals surface area contributed by atoms with E-state index in [0.29, 0.717) is 11.8 Å². The van der Waals surface area contributed by atoms with Crippen LogP contribution >= 0.6 is 0 Å². The predicted molar refractivity (Wildman–Crippen MR) is 57.3 cm³/mol. The molecule has 3 unspecified atom stereocenters. The van der Waals surface area contributed by atoms with Gasteiger partial charge in [0.2, 0.25) is 5.91 Å². The number of amides is 1. The van der Waals surface area contributed by atoms with Gasteiger partial charge in [-0.05, 0) is 38.1 Å². The zero-order chi connectivity index (χ0) is 10.8. The number of aliphatic hydroxyl groups is 1. The fourth-order valence-corrected chi connectivity index (χ4v) is 2.85. The summed E-state index contributed by atoms with van der Waals surface area (Å²) >= 11 is 0. The van der Waals surface area contributed by atoms with E-state index < -0.39 is 0 Å². The Kier molecular flexibility index (Phi) is 3.26. The molecular weight excluding hydrogens is 192 g/mol. The van der Waals surface area contributed by atoms with Gasteiger partial charge in [-0.25, -0.2) is 0 Å². The minimum absolute atomic E-state index is 0.00650. The minimum atomic E-state index is -0.139. The number of rotatable bonds is 3. The van der Waals surface area contributed by atoms with Gasteiger partial charge in [-0.2, -0.15) is 0 Å². The van der Waals surface area contributed by atoms with Gasteiger partial charge >= 0.3 is 0 Å². The van der Waals surface area contributed by atoms with E-state index in [1.54, 1.807) is 0 Å². The van der Waals surface area contributed by atoms with E-state index in [4.69, 9.17) is 5.11 Å². The molecule has 1 saturated heterocycles. The normalized spacial score (nSPS) is 36.3. The average molecular weight is 212 g/mol. The van der Waals surface area contributed by atoms with Gasteiger partial charge in [-0.1, -0.05) is 6.42 Å². The first-order valence-corrected chi connectivity index (χ1v) is 5.87. The van der Waals surface area contributed by atoms with Gasteiger partial charge < -0.3 is 15.7 Å². The molecule has 15 heavy (non-hydrogen) atoms. The van der Waals surface area contributed by atoms with Crippen molar-refractivity contribution in [1.29, 1.82) is 0 Å². The summed E-state index contributed by atoms with van der Waals surface area (Å²) < 4.78 is 0. The Hall–Kier alpha value is -0.610. The van der Waals surface area contributed by atoms with Gasteiger partial charge in [-0.3, -0.25) is 4.79 Å². The highest BCUT2D eigenvalue weighted by Crippen LogP contribution is 2.37. The largest absolute Gasteiger partial charge is 0.394 e. The molecule has 0 aromatic heterocycles. The van der Waals surface area contributed by atoms with E-state index >= 15 is 0 Å². The molecule has 1 saturated carbocycles. The zero-order valence-electron chi connectivity index (χ0n) is 9.20. The van der Waals surface area contributed by atoms with Crippen molar-refractivity contribution in [2.75, 3.05) is 13.2 Å². The van der Waals surface area contributed by atoms with Gasteiger partial charge in [0.05, 0.1) is 12.6 Å². The first-order valence-electron chi connectivity index (χ1n) is 5.87. The molecule has 0 aromatic carbocycles. The van der Waals surface area contributed by atoms with E-state index in [2.05, 4.69) is 10.6 Å². The summed E-state index contributed by atoms with van der Waals surface area (Å²) in [6.45, 7) is 2.81. The molecule has 1 aliphatic carbocycles. The number of carbonyl (C=O) groups is 1. The second-order valence-electron chi connectivity index (χ2n) is 4.83. The molecule has 4 atom stereocenters. The third-order valence-electron chi connectivity index (χ3n) is 3.69. The van der Waals surface area contributed by atoms with Crippen molar-refractivity contribution in [3.8, 4) is 0 Å². The van der Waals surface area contributed by atoms with Crippen LogP contribution in [0.5, 0.6) is 0 Å². The van der Waals surface area contributed by atoms with Crippen LogP contribution in [0.1, 0.15) is 26.2 Å². The highest BCUT2D eigenvalue weighted by Gasteiger charge is 2.42. The third-order valence-corrected chi connectivity index (χ3v) is 3.69. The molecule has 2 rings (SSSR count). The number of hydrogen-bond donors (Lipinski definition) is 3. The van der Waals surface area contributed by atoms with Crippen LogP contribution in [-0.4, -0.2) is 36.2 Å². The van der Waals surface area contributed by atoms with Crippen molar-refractivity contribution in [2.45, 2.75) is 38.3 Å². The highest BCUT2D eigenvalue weighted by molar-refractivity contribution is 5.82. The molecule has 2 fully saturated rings. The van der Waals surface area contributed by atoms with Crippen molar-refractivity contribution in [3.05, 3.63) is 0 Å². The molecule has 2 aliphatic rings. The first-order chi connectivity index (χ1) is 7.22. The summed E-state index contributed by atoms with van der Waals surface area (Å²) in [5.74, 6) is 1.28. The Balaban J connectivity index is 1.90. The average Bonchev–Trinajstić information content (AvgIpc) is 2.77. The van der Waals surface area contributed by atoms with Crippen molar-refractivity contribution >= 4 is 5.91 Å². The maximum absolute atomic E-state index is 11.9. The Morgan fingerprint density at radius 2 is 2.40 bits per heavy atom. The van der Waals surface area contributed by atoms with Gasteiger partial charge in [-0.15, -0.1) is 0 Å². The van der Waals surface area contributed by atoms with Crippen molar-refractivity contribution in [3.63, 3.8) is 0 Å². The topological polar surface area (TPSA) is 61.4 Å². The lowest BCUT2D eigenvalue weighted by Crippen LogP contribution is -2.47. The molecule has 4 heteroatoms. The van der Waals surface area contributed by atoms with E-state index in [1.165, 1.54) is 19.3 Å². The van der Waals surface area contributed by atoms with Crippen LogP contribution in [0.25, 0.3) is 0 Å². The van der Waals surface area contributed by atoms with Gasteiger partial charge in [0.25, 0.3) is 0 Å². The lowest BCUT2D eigenvalue weighted by molar-refractivity contribution is -0.124. The van der Waals surface area contributed by atoms with E-state index in [0.717, 1.165) is 6.54 Å². The number of aliphatic hydroxyl groups excluding tert-OH is 1. The van der Waals surface area contributed by atoms with Crippen LogP contribution in [0, 0.1) is 11.8 Å². The summed E-state index contributed by atoms with van der Waals surface area (Å²) in [6.07, 6.45) is 3.69. The van der Waals surface area contributed by atoms with Crippen LogP contribution in [0.2, 0.25) is 0 Å². The molecule has 4 nitrogen and oxygen atoms in total. The van der Waals surface area contributed by atoms with E-state index in [9.17, 15) is 4.79 Å². The summed E-state index contributed by atoms with van der Waals surface area (Å²) in [7, 11) is 0. The van der Waals surface area contributed by atoms with Crippen molar-refractivity contribution in [2.24, 2.45) is 11.8 Å². The minimum Gasteiger partial charge on any atom is -0.394 e. The number of carbonyl (C=O) groups excluding carboxylic acids is 1. The SMILES string of the molecule is C[C@@H](CO)NC(=O)C1NCC2CCCC21. The fourth-order valence-electron chi connectivity index (χ4n) is 2.85. The van der Waals surface area contributed by atoms with Crippen molar-refractivity contribution < 1.29 is 9.90 Å². The number of fused-ring (bicyclic) bond motifs is 1. The standard InChI is InChI=1S/C11H20N2O2/c1-7(6-14)13-11(15)10-9-4-2-3-8(9)5-12-10/h7-10,12,14H,2-6H2,1H3,(H,13,15)/t7-,8?,9?,10?/m0/s1. The Morgan fingerprint density at radius 3 is 3.13 bits per heavy atom. The summed E-state index contributed by atoms with van der Waals surface area (Å²) in [5, 5.41) is 15.0. The molecule has 0 aromatic rings. The molecular formula is C11H20N2O2. The van der Waals surface area contributed by atoms with E-state index in [-0.39, 0.29) is 24.6 Å². The van der Waals surface area contributed by atoms with Crippen LogP contribution in [0.15, 0.2) is 0 Å². The molecule has 0 radical (unpaired) electrons. The molecule has 1 amide bonds. The molecule has 86 valence electrons. The van der Waals surface area contributed by atoms with E-state index in [1.807, 2.05) is 6.92 Å². The first kappa shape index (κ1) is 10.9. The Bertz CT molecular complexity index is 245. The zero-order valence-corrected chi connectivity index (χ0v) is 9.20. The second-order valence-corrected chi connectivity index (χ2v) is 4.83. The summed E-state index contributed by atoms with van der Waals surface area (Å²) in [6, 6.07) is -0.161. The van der Waals surface area contributed by atoms with Crippen LogP contribution in [0.3, 0.4) is 0 Å². The number of nitrogens with one attached hydrogen (secondary N) is 2. The summed E-state index contributed by atoms with van der Waals surface area (Å²) in [4.78, 5) is 11.9. The maximum atomic E-state index is 11.9. The molecule has 3 N–H and O–H groups in total. The van der Waals surface area contributed by atoms with Crippen molar-refractivity contribution in [1.82, 2.24) is 10.6 Å². The van der Waals surface area contributed by atoms with Crippen LogP contribution in [0.4, 0.5) is 0 Å². The molecule has 1 aliphatic heterocycles. The molecule has 0 spiro atoms. The lowest BCUT2D eigenvalue weighted by atomic mass is 9.93. The Morgan fingerprint density at radius 1 is 1.60 bits per heavy atom. The number of hydrogen-bond acceptors (Lipinski definition) is 3. The second kappa shape index (κ2) is 4.49. The van der Waals surface area contributed by atoms with Gasteiger partial charge in [0.1, 0.15) is 0 Å². The van der Waals surface area contributed by atoms with Crippen LogP contribution < -0.4 is 10.6 Å². The smallest absolute Gasteiger partial charge is 0.237 e. The third kappa shape index (κ3) is 2.16.